The van der Waals surface area contributed by atoms with Gasteiger partial charge in [0.05, 0.1) is 17.5 Å². The summed E-state index contributed by atoms with van der Waals surface area (Å²) >= 11 is 7.52. The molecule has 0 saturated heterocycles. The molecule has 2 heterocycles. The minimum Gasteiger partial charge on any atom is -0.272 e. The Labute approximate surface area is 171 Å². The van der Waals surface area contributed by atoms with Crippen LogP contribution in [0.1, 0.15) is 23.6 Å². The van der Waals surface area contributed by atoms with E-state index in [1.54, 1.807) is 0 Å². The molecular weight excluding hydrogens is 390 g/mol. The number of rotatable bonds is 2. The van der Waals surface area contributed by atoms with Crippen molar-refractivity contribution in [1.82, 2.24) is 5.01 Å². The fraction of sp³-hybridized carbons (Fsp3) is 0.136. The van der Waals surface area contributed by atoms with E-state index < -0.39 is 0 Å². The molecule has 0 N–H and O–H groups in total. The number of amidine groups is 1. The van der Waals surface area contributed by atoms with Gasteiger partial charge >= 0.3 is 0 Å². The summed E-state index contributed by atoms with van der Waals surface area (Å²) in [5.74, 6) is 0.266. The number of hydrogen-bond acceptors (Lipinski definition) is 4. The number of hydrogen-bond donors (Lipinski definition) is 0. The van der Waals surface area contributed by atoms with Gasteiger partial charge in [-0.15, -0.1) is 0 Å². The van der Waals surface area contributed by atoms with E-state index in [4.69, 9.17) is 16.7 Å². The first kappa shape index (κ1) is 17.5. The predicted molar refractivity (Wildman–Crippen MR) is 116 cm³/mol. The molecule has 2 aliphatic heterocycles. The number of aliphatic imine (C=N–C) groups is 1. The van der Waals surface area contributed by atoms with Crippen molar-refractivity contribution >= 4 is 50.9 Å². The van der Waals surface area contributed by atoms with Gasteiger partial charge in [0.25, 0.3) is 5.91 Å². The molecule has 28 heavy (non-hydrogen) atoms. The van der Waals surface area contributed by atoms with Crippen molar-refractivity contribution in [2.45, 2.75) is 12.5 Å². The lowest BCUT2D eigenvalue weighted by Crippen LogP contribution is -2.23. The van der Waals surface area contributed by atoms with Crippen LogP contribution in [0.3, 0.4) is 0 Å². The van der Waals surface area contributed by atoms with Gasteiger partial charge in [-0.25, -0.2) is 5.01 Å². The fourth-order valence-electron chi connectivity index (χ4n) is 3.69. The van der Waals surface area contributed by atoms with Crippen LogP contribution in [-0.4, -0.2) is 27.5 Å². The highest BCUT2D eigenvalue weighted by molar-refractivity contribution is 8.14. The van der Waals surface area contributed by atoms with Crippen molar-refractivity contribution in [3.63, 3.8) is 0 Å². The van der Waals surface area contributed by atoms with E-state index in [0.29, 0.717) is 15.9 Å². The minimum atomic E-state index is -0.108. The Morgan fingerprint density at radius 3 is 2.57 bits per heavy atom. The van der Waals surface area contributed by atoms with Gasteiger partial charge in [-0.1, -0.05) is 78.0 Å². The Morgan fingerprint density at radius 2 is 1.79 bits per heavy atom. The summed E-state index contributed by atoms with van der Waals surface area (Å²) in [5.41, 5.74) is 3.22. The molecule has 0 aromatic heterocycles. The molecule has 1 amide bonds. The predicted octanol–water partition coefficient (Wildman–Crippen LogP) is 5.27. The summed E-state index contributed by atoms with van der Waals surface area (Å²) in [6, 6.07) is 22.4. The normalized spacial score (nSPS) is 19.2. The highest BCUT2D eigenvalue weighted by Crippen LogP contribution is 2.37. The molecule has 3 aromatic carbocycles. The number of thioether (sulfide) groups is 1. The zero-order valence-corrected chi connectivity index (χ0v) is 16.5. The van der Waals surface area contributed by atoms with Crippen LogP contribution in [-0.2, 0) is 4.79 Å². The van der Waals surface area contributed by atoms with Crippen molar-refractivity contribution < 1.29 is 4.79 Å². The van der Waals surface area contributed by atoms with Crippen molar-refractivity contribution in [2.24, 2.45) is 10.1 Å². The first-order valence-electron chi connectivity index (χ1n) is 9.04. The SMILES string of the molecule is O=C1CSC(N2N=C(c3cccc4ccccc34)CC2c2ccc(Cl)cc2)=N1. The van der Waals surface area contributed by atoms with E-state index >= 15 is 0 Å². The molecule has 138 valence electrons. The van der Waals surface area contributed by atoms with Gasteiger partial charge in [-0.2, -0.15) is 10.1 Å². The third kappa shape index (κ3) is 3.11. The Bertz CT molecular complexity index is 1130. The molecule has 1 atom stereocenters. The first-order chi connectivity index (χ1) is 13.7. The molecule has 6 heteroatoms. The van der Waals surface area contributed by atoms with Gasteiger partial charge in [0, 0.05) is 17.0 Å². The van der Waals surface area contributed by atoms with Crippen LogP contribution in [0, 0.1) is 0 Å². The van der Waals surface area contributed by atoms with Crippen LogP contribution in [0.25, 0.3) is 10.8 Å². The van der Waals surface area contributed by atoms with Gasteiger partial charge in [0.1, 0.15) is 0 Å². The van der Waals surface area contributed by atoms with Crippen LogP contribution in [0.15, 0.2) is 76.8 Å². The summed E-state index contributed by atoms with van der Waals surface area (Å²) in [6.07, 6.45) is 0.739. The smallest absolute Gasteiger partial charge is 0.258 e. The number of hydrazone groups is 1. The Kier molecular flexibility index (Phi) is 4.41. The molecule has 5 rings (SSSR count). The number of carbonyl (C=O) groups is 1. The number of nitrogens with zero attached hydrogens (tertiary/aromatic N) is 3. The second-order valence-electron chi connectivity index (χ2n) is 6.77. The lowest BCUT2D eigenvalue weighted by atomic mass is 9.95. The third-order valence-electron chi connectivity index (χ3n) is 5.01. The lowest BCUT2D eigenvalue weighted by molar-refractivity contribution is -0.115. The molecule has 0 spiro atoms. The maximum Gasteiger partial charge on any atom is 0.258 e. The van der Waals surface area contributed by atoms with E-state index in [2.05, 4.69) is 35.3 Å². The number of carbonyl (C=O) groups excluding carboxylic acids is 1. The monoisotopic (exact) mass is 405 g/mol. The van der Waals surface area contributed by atoms with Gasteiger partial charge in [-0.3, -0.25) is 4.79 Å². The maximum absolute atomic E-state index is 11.7. The molecule has 0 saturated carbocycles. The van der Waals surface area contributed by atoms with E-state index in [1.807, 2.05) is 41.4 Å². The molecule has 0 bridgehead atoms. The number of amides is 1. The Hall–Kier alpha value is -2.63. The van der Waals surface area contributed by atoms with Crippen LogP contribution in [0.4, 0.5) is 0 Å². The second kappa shape index (κ2) is 7.08. The summed E-state index contributed by atoms with van der Waals surface area (Å²) in [7, 11) is 0. The Morgan fingerprint density at radius 1 is 1.00 bits per heavy atom. The highest BCUT2D eigenvalue weighted by Gasteiger charge is 2.34. The van der Waals surface area contributed by atoms with Crippen LogP contribution >= 0.6 is 23.4 Å². The highest BCUT2D eigenvalue weighted by atomic mass is 35.5. The lowest BCUT2D eigenvalue weighted by Gasteiger charge is -2.22. The summed E-state index contributed by atoms with van der Waals surface area (Å²) in [6.45, 7) is 0. The molecule has 0 aliphatic carbocycles. The van der Waals surface area contributed by atoms with E-state index in [-0.39, 0.29) is 11.9 Å². The van der Waals surface area contributed by atoms with E-state index in [0.717, 1.165) is 23.3 Å². The number of halogens is 1. The zero-order valence-electron chi connectivity index (χ0n) is 14.9. The average Bonchev–Trinajstić information content (AvgIpc) is 3.34. The topological polar surface area (TPSA) is 45.0 Å². The second-order valence-corrected chi connectivity index (χ2v) is 8.15. The standard InChI is InChI=1S/C22H16ClN3OS/c23-16-10-8-15(9-11-16)20-12-19(25-26(20)22-24-21(27)13-28-22)18-7-3-5-14-4-1-2-6-17(14)18/h1-11,20H,12-13H2. The van der Waals surface area contributed by atoms with Gasteiger partial charge in [0.2, 0.25) is 0 Å². The molecule has 0 fully saturated rings. The fourth-order valence-corrected chi connectivity index (χ4v) is 4.60. The van der Waals surface area contributed by atoms with Gasteiger partial charge in [0.15, 0.2) is 5.17 Å². The largest absolute Gasteiger partial charge is 0.272 e. The first-order valence-corrected chi connectivity index (χ1v) is 10.4. The molecule has 4 nitrogen and oxygen atoms in total. The summed E-state index contributed by atoms with van der Waals surface area (Å²) in [5, 5.41) is 10.5. The zero-order chi connectivity index (χ0) is 19.1. The van der Waals surface area contributed by atoms with E-state index in [1.165, 1.54) is 22.5 Å². The van der Waals surface area contributed by atoms with Gasteiger partial charge < -0.3 is 0 Å². The maximum atomic E-state index is 11.7. The molecule has 3 aromatic rings. The number of benzene rings is 3. The van der Waals surface area contributed by atoms with Crippen LogP contribution in [0.5, 0.6) is 0 Å². The van der Waals surface area contributed by atoms with Crippen LogP contribution < -0.4 is 0 Å². The minimum absolute atomic E-state index is 0.0108. The van der Waals surface area contributed by atoms with Crippen molar-refractivity contribution in [3.05, 3.63) is 82.9 Å². The molecule has 2 aliphatic rings. The summed E-state index contributed by atoms with van der Waals surface area (Å²) in [4.78, 5) is 15.9. The molecule has 0 radical (unpaired) electrons. The number of fused-ring (bicyclic) bond motifs is 1. The van der Waals surface area contributed by atoms with Crippen molar-refractivity contribution in [1.29, 1.82) is 0 Å². The molecule has 1 unspecified atom stereocenters. The third-order valence-corrected chi connectivity index (χ3v) is 6.19. The van der Waals surface area contributed by atoms with Crippen molar-refractivity contribution in [2.75, 3.05) is 5.75 Å². The van der Waals surface area contributed by atoms with Crippen LogP contribution in [0.2, 0.25) is 5.02 Å². The molecular formula is C22H16ClN3OS. The van der Waals surface area contributed by atoms with Crippen molar-refractivity contribution in [3.8, 4) is 0 Å². The quantitative estimate of drug-likeness (QED) is 0.583. The Balaban J connectivity index is 1.60. The summed E-state index contributed by atoms with van der Waals surface area (Å²) < 4.78 is 0. The average molecular weight is 406 g/mol. The van der Waals surface area contributed by atoms with Gasteiger partial charge in [-0.05, 0) is 28.5 Å². The van der Waals surface area contributed by atoms with E-state index in [9.17, 15) is 4.79 Å².